The molecule has 158 valence electrons. The molecule has 0 aliphatic heterocycles. The monoisotopic (exact) mass is 450 g/mol. The third-order valence-electron chi connectivity index (χ3n) is 4.97. The number of aromatic nitrogens is 2. The minimum Gasteiger partial charge on any atom is -0.334 e. The molecule has 8 heteroatoms. The molecule has 2 heterocycles. The molecule has 0 spiro atoms. The fraction of sp³-hybridized carbons (Fsp3) is 0.174. The molecule has 3 N–H and O–H groups in total. The van der Waals surface area contributed by atoms with Crippen LogP contribution >= 0.6 is 23.1 Å². The molecule has 6 nitrogen and oxygen atoms in total. The predicted octanol–water partition coefficient (Wildman–Crippen LogP) is 4.52. The summed E-state index contributed by atoms with van der Waals surface area (Å²) in [5.74, 6) is 5.90. The molecule has 1 atom stereocenters. The summed E-state index contributed by atoms with van der Waals surface area (Å²) < 4.78 is 1.03. The highest BCUT2D eigenvalue weighted by Crippen LogP contribution is 2.32. The number of nitrogens with one attached hydrogen (secondary N) is 1. The molecule has 0 fully saturated rings. The molecular weight excluding hydrogens is 428 g/mol. The lowest BCUT2D eigenvalue weighted by molar-refractivity contribution is -0.115. The van der Waals surface area contributed by atoms with Crippen LogP contribution in [-0.4, -0.2) is 20.8 Å². The fourth-order valence-electron chi connectivity index (χ4n) is 3.18. The van der Waals surface area contributed by atoms with Crippen molar-refractivity contribution in [3.63, 3.8) is 0 Å². The van der Waals surface area contributed by atoms with Gasteiger partial charge in [-0.15, -0.1) is 11.3 Å². The Labute approximate surface area is 188 Å². The van der Waals surface area contributed by atoms with Gasteiger partial charge in [0.05, 0.1) is 10.6 Å². The summed E-state index contributed by atoms with van der Waals surface area (Å²) in [5, 5.41) is 5.13. The number of hydrogen-bond donors (Lipinski definition) is 2. The van der Waals surface area contributed by atoms with Gasteiger partial charge in [0.1, 0.15) is 4.83 Å². The molecule has 2 aromatic heterocycles. The lowest BCUT2D eigenvalue weighted by Gasteiger charge is -2.13. The Bertz CT molecular complexity index is 1280. The number of nitrogen functional groups attached to an aromatic ring is 1. The maximum atomic E-state index is 13.0. The van der Waals surface area contributed by atoms with E-state index in [0.29, 0.717) is 15.4 Å². The normalized spacial score (nSPS) is 12.1. The van der Waals surface area contributed by atoms with E-state index in [1.807, 2.05) is 60.0 Å². The van der Waals surface area contributed by atoms with Crippen molar-refractivity contribution in [2.75, 3.05) is 11.2 Å². The number of amides is 1. The highest BCUT2D eigenvalue weighted by molar-refractivity contribution is 8.00. The van der Waals surface area contributed by atoms with E-state index in [1.54, 1.807) is 6.92 Å². The third-order valence-corrected chi connectivity index (χ3v) is 6.91. The van der Waals surface area contributed by atoms with Gasteiger partial charge < -0.3 is 11.2 Å². The number of thiophene rings is 1. The second-order valence-electron chi connectivity index (χ2n) is 7.06. The standard InChI is InChI=1S/C23H22N4O2S2/c1-3-15-9-11-17(12-10-15)25-20(28)14(2)31-23-26-21-19(22(29)27(23)24)18(13-30-21)16-7-5-4-6-8-16/h4-14H,3,24H2,1-2H3,(H,25,28)/t14-/m0/s1. The van der Waals surface area contributed by atoms with E-state index in [1.165, 1.54) is 16.9 Å². The van der Waals surface area contributed by atoms with E-state index < -0.39 is 5.25 Å². The highest BCUT2D eigenvalue weighted by atomic mass is 32.2. The Morgan fingerprint density at radius 3 is 2.58 bits per heavy atom. The molecule has 0 radical (unpaired) electrons. The number of carbonyl (C=O) groups excluding carboxylic acids is 1. The van der Waals surface area contributed by atoms with Crippen LogP contribution in [0.3, 0.4) is 0 Å². The van der Waals surface area contributed by atoms with E-state index in [-0.39, 0.29) is 11.5 Å². The average molecular weight is 451 g/mol. The first-order valence-corrected chi connectivity index (χ1v) is 11.6. The van der Waals surface area contributed by atoms with E-state index in [2.05, 4.69) is 17.2 Å². The summed E-state index contributed by atoms with van der Waals surface area (Å²) in [7, 11) is 0. The van der Waals surface area contributed by atoms with Gasteiger partial charge in [-0.25, -0.2) is 9.66 Å². The van der Waals surface area contributed by atoms with Gasteiger partial charge in [0.25, 0.3) is 5.56 Å². The highest BCUT2D eigenvalue weighted by Gasteiger charge is 2.21. The number of nitrogens with two attached hydrogens (primary N) is 1. The summed E-state index contributed by atoms with van der Waals surface area (Å²) >= 11 is 2.55. The van der Waals surface area contributed by atoms with Crippen LogP contribution in [0.15, 0.2) is 69.9 Å². The van der Waals surface area contributed by atoms with Gasteiger partial charge in [0.15, 0.2) is 5.16 Å². The molecule has 0 saturated heterocycles. The molecule has 0 saturated carbocycles. The first-order chi connectivity index (χ1) is 15.0. The minimum absolute atomic E-state index is 0.181. The van der Waals surface area contributed by atoms with Crippen LogP contribution in [0.1, 0.15) is 19.4 Å². The molecule has 4 rings (SSSR count). The Hall–Kier alpha value is -3.10. The van der Waals surface area contributed by atoms with Crippen molar-refractivity contribution < 1.29 is 4.79 Å². The molecule has 0 aliphatic rings. The summed E-state index contributed by atoms with van der Waals surface area (Å²) in [4.78, 5) is 30.8. The van der Waals surface area contributed by atoms with Gasteiger partial charge >= 0.3 is 0 Å². The Morgan fingerprint density at radius 2 is 1.90 bits per heavy atom. The first kappa shape index (κ1) is 21.1. The second-order valence-corrected chi connectivity index (χ2v) is 9.23. The number of carbonyl (C=O) groups is 1. The largest absolute Gasteiger partial charge is 0.334 e. The number of benzene rings is 2. The van der Waals surface area contributed by atoms with Crippen LogP contribution in [-0.2, 0) is 11.2 Å². The average Bonchev–Trinajstić information content (AvgIpc) is 3.22. The molecule has 31 heavy (non-hydrogen) atoms. The van der Waals surface area contributed by atoms with Gasteiger partial charge in [-0.05, 0) is 36.6 Å². The number of rotatable bonds is 6. The van der Waals surface area contributed by atoms with Crippen molar-refractivity contribution in [1.29, 1.82) is 0 Å². The number of nitrogens with zero attached hydrogens (tertiary/aromatic N) is 2. The fourth-order valence-corrected chi connectivity index (χ4v) is 5.00. The van der Waals surface area contributed by atoms with Crippen LogP contribution in [0.5, 0.6) is 0 Å². The summed E-state index contributed by atoms with van der Waals surface area (Å²) in [6.45, 7) is 3.85. The second kappa shape index (κ2) is 8.95. The third kappa shape index (κ3) is 4.35. The number of aryl methyl sites for hydroxylation is 1. The molecule has 0 aliphatic carbocycles. The molecule has 1 amide bonds. The van der Waals surface area contributed by atoms with Crippen molar-refractivity contribution >= 4 is 44.9 Å². The maximum Gasteiger partial charge on any atom is 0.282 e. The smallest absolute Gasteiger partial charge is 0.282 e. The number of anilines is 1. The summed E-state index contributed by atoms with van der Waals surface area (Å²) in [5.41, 5.74) is 3.37. The number of thioether (sulfide) groups is 1. The van der Waals surface area contributed by atoms with Gasteiger partial charge in [-0.2, -0.15) is 0 Å². The zero-order valence-electron chi connectivity index (χ0n) is 17.2. The Morgan fingerprint density at radius 1 is 1.19 bits per heavy atom. The van der Waals surface area contributed by atoms with Crippen molar-refractivity contribution in [2.45, 2.75) is 30.7 Å². The molecular formula is C23H22N4O2S2. The summed E-state index contributed by atoms with van der Waals surface area (Å²) in [6.07, 6.45) is 0.942. The number of hydrogen-bond acceptors (Lipinski definition) is 6. The molecule has 4 aromatic rings. The van der Waals surface area contributed by atoms with Crippen LogP contribution in [0, 0.1) is 0 Å². The lowest BCUT2D eigenvalue weighted by Crippen LogP contribution is -2.31. The molecule has 2 aromatic carbocycles. The lowest BCUT2D eigenvalue weighted by atomic mass is 10.1. The van der Waals surface area contributed by atoms with Gasteiger partial charge in [-0.1, -0.05) is 61.2 Å². The topological polar surface area (TPSA) is 90.0 Å². The van der Waals surface area contributed by atoms with E-state index in [4.69, 9.17) is 5.84 Å². The zero-order chi connectivity index (χ0) is 22.0. The van der Waals surface area contributed by atoms with Crippen molar-refractivity contribution in [1.82, 2.24) is 9.66 Å². The van der Waals surface area contributed by atoms with E-state index >= 15 is 0 Å². The van der Waals surface area contributed by atoms with Gasteiger partial charge in [-0.3, -0.25) is 9.59 Å². The summed E-state index contributed by atoms with van der Waals surface area (Å²) in [6, 6.07) is 17.4. The van der Waals surface area contributed by atoms with Gasteiger partial charge in [0, 0.05) is 16.6 Å². The first-order valence-electron chi connectivity index (χ1n) is 9.89. The number of fused-ring (bicyclic) bond motifs is 1. The quantitative estimate of drug-likeness (QED) is 0.256. The SMILES string of the molecule is CCc1ccc(NC(=O)[C@H](C)Sc2nc3scc(-c4ccccc4)c3c(=O)n2N)cc1. The van der Waals surface area contributed by atoms with E-state index in [0.717, 1.165) is 39.7 Å². The van der Waals surface area contributed by atoms with Crippen molar-refractivity contribution in [2.24, 2.45) is 0 Å². The van der Waals surface area contributed by atoms with Crippen molar-refractivity contribution in [3.8, 4) is 11.1 Å². The van der Waals surface area contributed by atoms with Crippen LogP contribution in [0.4, 0.5) is 5.69 Å². The Kier molecular flexibility index (Phi) is 6.11. The van der Waals surface area contributed by atoms with Crippen LogP contribution in [0.25, 0.3) is 21.3 Å². The predicted molar refractivity (Wildman–Crippen MR) is 129 cm³/mol. The minimum atomic E-state index is -0.487. The Balaban J connectivity index is 1.57. The maximum absolute atomic E-state index is 13.0. The molecule has 0 bridgehead atoms. The zero-order valence-corrected chi connectivity index (χ0v) is 18.8. The van der Waals surface area contributed by atoms with Crippen LogP contribution < -0.4 is 16.7 Å². The van der Waals surface area contributed by atoms with Gasteiger partial charge in [0.2, 0.25) is 5.91 Å². The van der Waals surface area contributed by atoms with Crippen LogP contribution in [0.2, 0.25) is 0 Å². The van der Waals surface area contributed by atoms with E-state index in [9.17, 15) is 9.59 Å². The van der Waals surface area contributed by atoms with Crippen molar-refractivity contribution in [3.05, 3.63) is 75.9 Å². The molecule has 0 unspecified atom stereocenters.